The zero-order chi connectivity index (χ0) is 11.4. The Morgan fingerprint density at radius 2 is 1.93 bits per heavy atom. The van der Waals surface area contributed by atoms with Crippen molar-refractivity contribution < 1.29 is 9.90 Å². The number of hydrogen-bond acceptors (Lipinski definition) is 3. The van der Waals surface area contributed by atoms with Gasteiger partial charge in [0.1, 0.15) is 6.04 Å². The van der Waals surface area contributed by atoms with Crippen molar-refractivity contribution in [2.75, 3.05) is 7.05 Å². The summed E-state index contributed by atoms with van der Waals surface area (Å²) in [6.07, 6.45) is 0. The van der Waals surface area contributed by atoms with Gasteiger partial charge in [-0.2, -0.15) is 0 Å². The molecule has 0 fully saturated rings. The first kappa shape index (κ1) is 11.7. The Balaban J connectivity index is 2.91. The lowest BCUT2D eigenvalue weighted by atomic mass is 9.93. The van der Waals surface area contributed by atoms with E-state index in [0.717, 1.165) is 5.56 Å². The van der Waals surface area contributed by atoms with Crippen LogP contribution in [0.3, 0.4) is 0 Å². The maximum Gasteiger partial charge on any atom is 0.322 e. The van der Waals surface area contributed by atoms with Crippen LogP contribution in [0.4, 0.5) is 0 Å². The lowest BCUT2D eigenvalue weighted by Gasteiger charge is -2.25. The zero-order valence-corrected chi connectivity index (χ0v) is 8.92. The van der Waals surface area contributed by atoms with Crippen LogP contribution in [0.25, 0.3) is 0 Å². The molecule has 1 aromatic rings. The van der Waals surface area contributed by atoms with Gasteiger partial charge in [-0.1, -0.05) is 37.3 Å². The third-order valence-electron chi connectivity index (χ3n) is 2.49. The molecule has 0 saturated heterocycles. The average Bonchev–Trinajstić information content (AvgIpc) is 2.18. The molecular formula is C11H16N2O2. The summed E-state index contributed by atoms with van der Waals surface area (Å²) in [6.45, 7) is 1.86. The fourth-order valence-corrected chi connectivity index (χ4v) is 1.68. The lowest BCUT2D eigenvalue weighted by Crippen LogP contribution is -2.46. The van der Waals surface area contributed by atoms with Gasteiger partial charge in [-0.3, -0.25) is 10.6 Å². The van der Waals surface area contributed by atoms with Crippen molar-refractivity contribution >= 4 is 5.97 Å². The number of nitrogens with zero attached hydrogens (tertiary/aromatic N) is 1. The summed E-state index contributed by atoms with van der Waals surface area (Å²) < 4.78 is 0. The molecule has 0 saturated carbocycles. The molecule has 4 nitrogen and oxygen atoms in total. The quantitative estimate of drug-likeness (QED) is 0.573. The van der Waals surface area contributed by atoms with Crippen LogP contribution in [-0.4, -0.2) is 29.2 Å². The third-order valence-corrected chi connectivity index (χ3v) is 2.49. The molecule has 0 radical (unpaired) electrons. The molecule has 0 aromatic heterocycles. The highest BCUT2D eigenvalue weighted by Gasteiger charge is 2.28. The zero-order valence-electron chi connectivity index (χ0n) is 8.92. The van der Waals surface area contributed by atoms with Crippen LogP contribution < -0.4 is 5.84 Å². The number of carbonyl (C=O) groups is 1. The predicted molar refractivity (Wildman–Crippen MR) is 58.2 cm³/mol. The number of nitrogens with two attached hydrogens (primary N) is 1. The molecule has 0 amide bonds. The summed E-state index contributed by atoms with van der Waals surface area (Å²) >= 11 is 0. The molecule has 0 aliphatic heterocycles. The smallest absolute Gasteiger partial charge is 0.322 e. The van der Waals surface area contributed by atoms with E-state index in [4.69, 9.17) is 10.9 Å². The topological polar surface area (TPSA) is 66.6 Å². The molecule has 82 valence electrons. The molecule has 0 spiro atoms. The minimum atomic E-state index is -0.906. The summed E-state index contributed by atoms with van der Waals surface area (Å²) in [4.78, 5) is 11.0. The first-order valence-electron chi connectivity index (χ1n) is 4.79. The first-order chi connectivity index (χ1) is 7.04. The molecule has 2 atom stereocenters. The van der Waals surface area contributed by atoms with Gasteiger partial charge in [-0.25, -0.2) is 5.01 Å². The summed E-state index contributed by atoms with van der Waals surface area (Å²) in [5.41, 5.74) is 0.974. The molecule has 3 N–H and O–H groups in total. The summed E-state index contributed by atoms with van der Waals surface area (Å²) in [6, 6.07) is 8.79. The molecule has 1 rings (SSSR count). The second-order valence-electron chi connectivity index (χ2n) is 3.65. The molecule has 15 heavy (non-hydrogen) atoms. The third kappa shape index (κ3) is 2.78. The highest BCUT2D eigenvalue weighted by Crippen LogP contribution is 2.21. The van der Waals surface area contributed by atoms with E-state index in [1.165, 1.54) is 5.01 Å². The molecule has 1 unspecified atom stereocenters. The van der Waals surface area contributed by atoms with Crippen molar-refractivity contribution in [3.8, 4) is 0 Å². The molecule has 0 aliphatic rings. The Kier molecular flexibility index (Phi) is 3.82. The number of carboxylic acids is 1. The highest BCUT2D eigenvalue weighted by atomic mass is 16.4. The van der Waals surface area contributed by atoms with Gasteiger partial charge in [0.2, 0.25) is 0 Å². The molecule has 0 aliphatic carbocycles. The lowest BCUT2D eigenvalue weighted by molar-refractivity contribution is -0.143. The van der Waals surface area contributed by atoms with E-state index >= 15 is 0 Å². The maximum absolute atomic E-state index is 11.0. The van der Waals surface area contributed by atoms with Crippen LogP contribution in [0.15, 0.2) is 30.3 Å². The number of hydrazine groups is 1. The fourth-order valence-electron chi connectivity index (χ4n) is 1.68. The van der Waals surface area contributed by atoms with E-state index in [2.05, 4.69) is 0 Å². The van der Waals surface area contributed by atoms with E-state index in [9.17, 15) is 4.79 Å². The SMILES string of the molecule is CC(c1ccccc1)[C@@H](C(=O)O)N(C)N. The summed E-state index contributed by atoms with van der Waals surface area (Å²) in [5.74, 6) is 4.48. The van der Waals surface area contributed by atoms with E-state index in [1.54, 1.807) is 7.05 Å². The fraction of sp³-hybridized carbons (Fsp3) is 0.364. The monoisotopic (exact) mass is 208 g/mol. The predicted octanol–water partition coefficient (Wildman–Crippen LogP) is 1.05. The van der Waals surface area contributed by atoms with Gasteiger partial charge >= 0.3 is 5.97 Å². The van der Waals surface area contributed by atoms with Crippen molar-refractivity contribution in [2.24, 2.45) is 5.84 Å². The van der Waals surface area contributed by atoms with Crippen molar-refractivity contribution in [3.05, 3.63) is 35.9 Å². The second-order valence-corrected chi connectivity index (χ2v) is 3.65. The number of rotatable bonds is 4. The van der Waals surface area contributed by atoms with E-state index in [1.807, 2.05) is 37.3 Å². The van der Waals surface area contributed by atoms with E-state index in [0.29, 0.717) is 0 Å². The van der Waals surface area contributed by atoms with Gasteiger partial charge in [0.15, 0.2) is 0 Å². The van der Waals surface area contributed by atoms with Gasteiger partial charge in [0, 0.05) is 13.0 Å². The van der Waals surface area contributed by atoms with Crippen LogP contribution in [0.2, 0.25) is 0 Å². The van der Waals surface area contributed by atoms with E-state index in [-0.39, 0.29) is 5.92 Å². The van der Waals surface area contributed by atoms with Gasteiger partial charge < -0.3 is 5.11 Å². The van der Waals surface area contributed by atoms with Gasteiger partial charge in [-0.15, -0.1) is 0 Å². The van der Waals surface area contributed by atoms with Crippen molar-refractivity contribution in [2.45, 2.75) is 18.9 Å². The van der Waals surface area contributed by atoms with Crippen LogP contribution in [0.1, 0.15) is 18.4 Å². The second kappa shape index (κ2) is 4.91. The molecule has 0 bridgehead atoms. The minimum absolute atomic E-state index is 0.140. The molecular weight excluding hydrogens is 192 g/mol. The van der Waals surface area contributed by atoms with Crippen LogP contribution >= 0.6 is 0 Å². The maximum atomic E-state index is 11.0. The Hall–Kier alpha value is -1.39. The van der Waals surface area contributed by atoms with Crippen LogP contribution in [-0.2, 0) is 4.79 Å². The van der Waals surface area contributed by atoms with Crippen molar-refractivity contribution in [1.29, 1.82) is 0 Å². The van der Waals surface area contributed by atoms with E-state index < -0.39 is 12.0 Å². The number of hydrogen-bond donors (Lipinski definition) is 2. The summed E-state index contributed by atoms with van der Waals surface area (Å²) in [5, 5.41) is 10.3. The number of carboxylic acid groups (broad SMARTS) is 1. The van der Waals surface area contributed by atoms with Crippen LogP contribution in [0.5, 0.6) is 0 Å². The number of likely N-dealkylation sites (N-methyl/N-ethyl adjacent to an activating group) is 1. The van der Waals surface area contributed by atoms with Gasteiger partial charge in [0.25, 0.3) is 0 Å². The van der Waals surface area contributed by atoms with Gasteiger partial charge in [-0.05, 0) is 5.56 Å². The van der Waals surface area contributed by atoms with Crippen molar-refractivity contribution in [1.82, 2.24) is 5.01 Å². The van der Waals surface area contributed by atoms with Crippen molar-refractivity contribution in [3.63, 3.8) is 0 Å². The standard InChI is InChI=1S/C11H16N2O2/c1-8(9-6-4-3-5-7-9)10(11(14)15)13(2)12/h3-8,10H,12H2,1-2H3,(H,14,15)/t8?,10-/m0/s1. The molecule has 4 heteroatoms. The Morgan fingerprint density at radius 1 is 1.40 bits per heavy atom. The first-order valence-corrected chi connectivity index (χ1v) is 4.79. The summed E-state index contributed by atoms with van der Waals surface area (Å²) in [7, 11) is 1.57. The number of aliphatic carboxylic acids is 1. The highest BCUT2D eigenvalue weighted by molar-refractivity contribution is 5.74. The Bertz CT molecular complexity index is 325. The molecule has 1 aromatic carbocycles. The minimum Gasteiger partial charge on any atom is -0.480 e. The molecule has 0 heterocycles. The van der Waals surface area contributed by atoms with Gasteiger partial charge in [0.05, 0.1) is 0 Å². The normalized spacial score (nSPS) is 14.9. The Labute approximate surface area is 89.3 Å². The Morgan fingerprint density at radius 3 is 2.33 bits per heavy atom. The van der Waals surface area contributed by atoms with Crippen LogP contribution in [0, 0.1) is 0 Å². The largest absolute Gasteiger partial charge is 0.480 e. The average molecular weight is 208 g/mol. The number of benzene rings is 1.